The number of hydrogen-bond donors (Lipinski definition) is 0. The molecule has 2 rings (SSSR count). The van der Waals surface area contributed by atoms with Gasteiger partial charge in [-0.25, -0.2) is 0 Å². The molecule has 0 saturated heterocycles. The maximum absolute atomic E-state index is 4.25. The molecular formula is C13H25N3. The summed E-state index contributed by atoms with van der Waals surface area (Å²) < 4.78 is 0. The Bertz CT molecular complexity index is 217. The lowest BCUT2D eigenvalue weighted by atomic mass is 9.87. The quantitative estimate of drug-likeness (QED) is 0.499. The molecule has 2 saturated carbocycles. The van der Waals surface area contributed by atoms with E-state index in [1.54, 1.807) is 7.05 Å². The molecule has 0 amide bonds. The third-order valence-electron chi connectivity index (χ3n) is 3.90. The van der Waals surface area contributed by atoms with E-state index in [2.05, 4.69) is 15.3 Å². The summed E-state index contributed by atoms with van der Waals surface area (Å²) in [5.41, 5.74) is 0. The Balaban J connectivity index is 1.67. The van der Waals surface area contributed by atoms with Crippen LogP contribution in [0.3, 0.4) is 0 Å². The maximum Gasteiger partial charge on any atom is 0.0509 e. The van der Waals surface area contributed by atoms with E-state index >= 15 is 0 Å². The van der Waals surface area contributed by atoms with Crippen LogP contribution in [-0.2, 0) is 0 Å². The summed E-state index contributed by atoms with van der Waals surface area (Å²) in [4.78, 5) is 0. The molecule has 0 aromatic rings. The molecule has 0 heterocycles. The molecule has 0 unspecified atom stereocenters. The van der Waals surface area contributed by atoms with Gasteiger partial charge < -0.3 is 0 Å². The SMILES string of the molecule is CN=NN(CCC1CCCCC1)CC1CC1. The summed E-state index contributed by atoms with van der Waals surface area (Å²) in [6.45, 7) is 2.27. The molecule has 3 nitrogen and oxygen atoms in total. The van der Waals surface area contributed by atoms with Crippen molar-refractivity contribution in [2.75, 3.05) is 20.1 Å². The Kier molecular flexibility index (Phi) is 4.61. The average Bonchev–Trinajstić information content (AvgIpc) is 3.12. The Morgan fingerprint density at radius 3 is 2.38 bits per heavy atom. The molecule has 0 aromatic heterocycles. The highest BCUT2D eigenvalue weighted by atomic mass is 15.5. The zero-order valence-electron chi connectivity index (χ0n) is 10.6. The van der Waals surface area contributed by atoms with Crippen molar-refractivity contribution < 1.29 is 0 Å². The second kappa shape index (κ2) is 6.21. The Labute approximate surface area is 99.3 Å². The molecule has 0 bridgehead atoms. The van der Waals surface area contributed by atoms with Gasteiger partial charge in [0.25, 0.3) is 0 Å². The fraction of sp³-hybridized carbons (Fsp3) is 1.00. The van der Waals surface area contributed by atoms with Gasteiger partial charge in [-0.05, 0) is 31.1 Å². The molecule has 0 N–H and O–H groups in total. The van der Waals surface area contributed by atoms with Crippen LogP contribution in [0.15, 0.2) is 10.3 Å². The minimum atomic E-state index is 0.914. The number of rotatable bonds is 6. The van der Waals surface area contributed by atoms with Crippen LogP contribution < -0.4 is 0 Å². The molecule has 16 heavy (non-hydrogen) atoms. The van der Waals surface area contributed by atoms with Crippen molar-refractivity contribution >= 4 is 0 Å². The topological polar surface area (TPSA) is 28.0 Å². The zero-order chi connectivity index (χ0) is 11.2. The summed E-state index contributed by atoms with van der Waals surface area (Å²) in [5, 5.41) is 10.4. The largest absolute Gasteiger partial charge is 0.279 e. The Morgan fingerprint density at radius 2 is 1.75 bits per heavy atom. The second-order valence-corrected chi connectivity index (χ2v) is 5.44. The summed E-state index contributed by atoms with van der Waals surface area (Å²) >= 11 is 0. The van der Waals surface area contributed by atoms with Crippen LogP contribution in [0.25, 0.3) is 0 Å². The van der Waals surface area contributed by atoms with Crippen LogP contribution in [0.4, 0.5) is 0 Å². The molecule has 0 spiro atoms. The van der Waals surface area contributed by atoms with E-state index < -0.39 is 0 Å². The lowest BCUT2D eigenvalue weighted by Gasteiger charge is -2.24. The van der Waals surface area contributed by atoms with Crippen molar-refractivity contribution in [2.45, 2.75) is 51.4 Å². The van der Waals surface area contributed by atoms with Gasteiger partial charge in [-0.1, -0.05) is 37.3 Å². The first kappa shape index (κ1) is 11.9. The van der Waals surface area contributed by atoms with Gasteiger partial charge in [0.05, 0.1) is 7.05 Å². The van der Waals surface area contributed by atoms with Crippen LogP contribution in [0.2, 0.25) is 0 Å². The van der Waals surface area contributed by atoms with E-state index in [9.17, 15) is 0 Å². The molecule has 0 atom stereocenters. The predicted octanol–water partition coefficient (Wildman–Crippen LogP) is 3.67. The van der Waals surface area contributed by atoms with Gasteiger partial charge in [0.2, 0.25) is 0 Å². The second-order valence-electron chi connectivity index (χ2n) is 5.44. The molecule has 3 heteroatoms. The summed E-state index contributed by atoms with van der Waals surface area (Å²) in [6, 6.07) is 0. The molecule has 2 aliphatic rings. The van der Waals surface area contributed by atoms with E-state index in [0.29, 0.717) is 0 Å². The first-order chi connectivity index (χ1) is 7.88. The highest BCUT2D eigenvalue weighted by Gasteiger charge is 2.24. The van der Waals surface area contributed by atoms with E-state index in [1.165, 1.54) is 51.4 Å². The maximum atomic E-state index is 4.25. The van der Waals surface area contributed by atoms with Crippen LogP contribution in [0.1, 0.15) is 51.4 Å². The lowest BCUT2D eigenvalue weighted by Crippen LogP contribution is -2.23. The van der Waals surface area contributed by atoms with Crippen molar-refractivity contribution in [1.29, 1.82) is 0 Å². The monoisotopic (exact) mass is 223 g/mol. The fourth-order valence-electron chi connectivity index (χ4n) is 2.70. The first-order valence-electron chi connectivity index (χ1n) is 6.93. The first-order valence-corrected chi connectivity index (χ1v) is 6.93. The van der Waals surface area contributed by atoms with E-state index in [0.717, 1.165) is 24.9 Å². The van der Waals surface area contributed by atoms with Crippen LogP contribution in [-0.4, -0.2) is 25.1 Å². The summed E-state index contributed by atoms with van der Waals surface area (Å²) in [6.07, 6.45) is 11.4. The van der Waals surface area contributed by atoms with Crippen molar-refractivity contribution in [1.82, 2.24) is 5.01 Å². The van der Waals surface area contributed by atoms with Crippen LogP contribution >= 0.6 is 0 Å². The third kappa shape index (κ3) is 4.11. The third-order valence-corrected chi connectivity index (χ3v) is 3.90. The Hall–Kier alpha value is -0.600. The van der Waals surface area contributed by atoms with Crippen molar-refractivity contribution in [2.24, 2.45) is 22.2 Å². The van der Waals surface area contributed by atoms with Crippen LogP contribution in [0.5, 0.6) is 0 Å². The van der Waals surface area contributed by atoms with Gasteiger partial charge in [-0.3, -0.25) is 5.01 Å². The molecule has 0 radical (unpaired) electrons. The normalized spacial score (nSPS) is 22.8. The van der Waals surface area contributed by atoms with Crippen LogP contribution in [0, 0.1) is 11.8 Å². The van der Waals surface area contributed by atoms with Gasteiger partial charge in [0.1, 0.15) is 0 Å². The predicted molar refractivity (Wildman–Crippen MR) is 66.3 cm³/mol. The highest BCUT2D eigenvalue weighted by molar-refractivity contribution is 4.76. The van der Waals surface area contributed by atoms with Gasteiger partial charge in [0.15, 0.2) is 0 Å². The molecule has 0 aliphatic heterocycles. The van der Waals surface area contributed by atoms with Gasteiger partial charge in [-0.15, -0.1) is 0 Å². The van der Waals surface area contributed by atoms with Crippen molar-refractivity contribution in [3.8, 4) is 0 Å². The van der Waals surface area contributed by atoms with Gasteiger partial charge in [0, 0.05) is 13.1 Å². The molecule has 0 aromatic carbocycles. The standard InChI is InChI=1S/C13H25N3/c1-14-15-16(11-13-7-8-13)10-9-12-5-3-2-4-6-12/h12-13H,2-11H2,1H3. The van der Waals surface area contributed by atoms with E-state index in [1.807, 2.05) is 0 Å². The minimum Gasteiger partial charge on any atom is -0.279 e. The highest BCUT2D eigenvalue weighted by Crippen LogP contribution is 2.31. The Morgan fingerprint density at radius 1 is 1.00 bits per heavy atom. The summed E-state index contributed by atoms with van der Waals surface area (Å²) in [7, 11) is 1.78. The molecule has 92 valence electrons. The molecule has 2 aliphatic carbocycles. The minimum absolute atomic E-state index is 0.914. The van der Waals surface area contributed by atoms with Gasteiger partial charge in [-0.2, -0.15) is 5.11 Å². The number of hydrogen-bond acceptors (Lipinski definition) is 2. The average molecular weight is 223 g/mol. The fourth-order valence-corrected chi connectivity index (χ4v) is 2.70. The van der Waals surface area contributed by atoms with E-state index in [-0.39, 0.29) is 0 Å². The molecular weight excluding hydrogens is 198 g/mol. The van der Waals surface area contributed by atoms with Gasteiger partial charge >= 0.3 is 0 Å². The smallest absolute Gasteiger partial charge is 0.0509 e. The summed E-state index contributed by atoms with van der Waals surface area (Å²) in [5.74, 6) is 1.87. The lowest BCUT2D eigenvalue weighted by molar-refractivity contribution is 0.219. The van der Waals surface area contributed by atoms with E-state index in [4.69, 9.17) is 0 Å². The van der Waals surface area contributed by atoms with Crippen molar-refractivity contribution in [3.63, 3.8) is 0 Å². The number of nitrogens with zero attached hydrogens (tertiary/aromatic N) is 3. The van der Waals surface area contributed by atoms with Crippen molar-refractivity contribution in [3.05, 3.63) is 0 Å². The zero-order valence-corrected chi connectivity index (χ0v) is 10.6. The molecule has 2 fully saturated rings.